The van der Waals surface area contributed by atoms with Gasteiger partial charge in [0.25, 0.3) is 0 Å². The molecule has 0 spiro atoms. The first-order valence-corrected chi connectivity index (χ1v) is 6.24. The summed E-state index contributed by atoms with van der Waals surface area (Å²) in [5, 5.41) is 5.90. The lowest BCUT2D eigenvalue weighted by Gasteiger charge is -2.16. The second-order valence-electron chi connectivity index (χ2n) is 4.37. The van der Waals surface area contributed by atoms with Crippen LogP contribution in [0, 0.1) is 0 Å². The van der Waals surface area contributed by atoms with Crippen molar-refractivity contribution < 1.29 is 9.53 Å². The minimum atomic E-state index is -0.436. The molecule has 0 aromatic heterocycles. The van der Waals surface area contributed by atoms with Crippen molar-refractivity contribution in [3.63, 3.8) is 0 Å². The Labute approximate surface area is 109 Å². The van der Waals surface area contributed by atoms with E-state index in [9.17, 15) is 4.79 Å². The summed E-state index contributed by atoms with van der Waals surface area (Å²) in [7, 11) is 1.87. The number of benzene rings is 1. The molecule has 4 heteroatoms. The van der Waals surface area contributed by atoms with Gasteiger partial charge in [0.15, 0.2) is 0 Å². The van der Waals surface area contributed by atoms with Crippen LogP contribution in [0.15, 0.2) is 30.3 Å². The maximum atomic E-state index is 11.7. The molecule has 0 aliphatic heterocycles. The Morgan fingerprint density at radius 2 is 1.94 bits per heavy atom. The number of hydrogen-bond donors (Lipinski definition) is 2. The fraction of sp³-hybridized carbons (Fsp3) is 0.500. The molecule has 4 nitrogen and oxygen atoms in total. The van der Waals surface area contributed by atoms with Gasteiger partial charge >= 0.3 is 0 Å². The zero-order chi connectivity index (χ0) is 13.4. The molecule has 1 aromatic rings. The van der Waals surface area contributed by atoms with E-state index in [-0.39, 0.29) is 11.9 Å². The van der Waals surface area contributed by atoms with Crippen LogP contribution in [0.5, 0.6) is 0 Å². The minimum absolute atomic E-state index is 0.0759. The molecule has 0 heterocycles. The summed E-state index contributed by atoms with van der Waals surface area (Å²) in [6.45, 7) is 4.84. The van der Waals surface area contributed by atoms with E-state index >= 15 is 0 Å². The Hall–Kier alpha value is -1.39. The van der Waals surface area contributed by atoms with Crippen LogP contribution < -0.4 is 10.6 Å². The summed E-state index contributed by atoms with van der Waals surface area (Å²) < 4.78 is 5.52. The highest BCUT2D eigenvalue weighted by molar-refractivity contribution is 5.80. The molecule has 100 valence electrons. The number of rotatable bonds is 7. The third-order valence-corrected chi connectivity index (χ3v) is 2.79. The quantitative estimate of drug-likeness (QED) is 0.767. The standard InChI is InChI=1S/C14H22N2O2/c1-11(15-3)9-16-14(17)12(2)18-10-13-7-5-4-6-8-13/h4-8,11-12,15H,9-10H2,1-3H3,(H,16,17). The van der Waals surface area contributed by atoms with Gasteiger partial charge in [0.05, 0.1) is 6.61 Å². The Morgan fingerprint density at radius 3 is 2.56 bits per heavy atom. The lowest BCUT2D eigenvalue weighted by atomic mass is 10.2. The third kappa shape index (κ3) is 5.29. The maximum Gasteiger partial charge on any atom is 0.248 e. The first-order chi connectivity index (χ1) is 8.63. The first kappa shape index (κ1) is 14.7. The van der Waals surface area contributed by atoms with Crippen molar-refractivity contribution >= 4 is 5.91 Å². The monoisotopic (exact) mass is 250 g/mol. The average molecular weight is 250 g/mol. The van der Waals surface area contributed by atoms with Gasteiger partial charge in [0.2, 0.25) is 5.91 Å². The van der Waals surface area contributed by atoms with Gasteiger partial charge in [-0.15, -0.1) is 0 Å². The zero-order valence-electron chi connectivity index (χ0n) is 11.3. The van der Waals surface area contributed by atoms with Crippen LogP contribution >= 0.6 is 0 Å². The summed E-state index contributed by atoms with van der Waals surface area (Å²) in [4.78, 5) is 11.7. The maximum absolute atomic E-state index is 11.7. The molecule has 18 heavy (non-hydrogen) atoms. The number of ether oxygens (including phenoxy) is 1. The van der Waals surface area contributed by atoms with Gasteiger partial charge in [-0.1, -0.05) is 30.3 Å². The highest BCUT2D eigenvalue weighted by atomic mass is 16.5. The van der Waals surface area contributed by atoms with Crippen LogP contribution in [0.3, 0.4) is 0 Å². The summed E-state index contributed by atoms with van der Waals surface area (Å²) in [5.41, 5.74) is 1.07. The molecule has 2 N–H and O–H groups in total. The van der Waals surface area contributed by atoms with Crippen molar-refractivity contribution in [2.75, 3.05) is 13.6 Å². The second-order valence-corrected chi connectivity index (χ2v) is 4.37. The Kier molecular flexibility index (Phi) is 6.39. The van der Waals surface area contributed by atoms with E-state index in [2.05, 4.69) is 10.6 Å². The molecule has 0 fully saturated rings. The second kappa shape index (κ2) is 7.84. The summed E-state index contributed by atoms with van der Waals surface area (Å²) in [5.74, 6) is -0.0759. The first-order valence-electron chi connectivity index (χ1n) is 6.24. The number of nitrogens with one attached hydrogen (secondary N) is 2. The molecule has 2 unspecified atom stereocenters. The van der Waals surface area contributed by atoms with Crippen molar-refractivity contribution in [3.05, 3.63) is 35.9 Å². The molecule has 0 saturated carbocycles. The van der Waals surface area contributed by atoms with Gasteiger partial charge in [0, 0.05) is 12.6 Å². The van der Waals surface area contributed by atoms with Crippen LogP contribution in [-0.2, 0) is 16.1 Å². The van der Waals surface area contributed by atoms with E-state index in [1.165, 1.54) is 0 Å². The normalized spacial score (nSPS) is 13.9. The molecular weight excluding hydrogens is 228 g/mol. The van der Waals surface area contributed by atoms with Crippen LogP contribution in [0.4, 0.5) is 0 Å². The molecule has 0 saturated heterocycles. The van der Waals surface area contributed by atoms with Gasteiger partial charge in [-0.2, -0.15) is 0 Å². The number of amides is 1. The predicted octanol–water partition coefficient (Wildman–Crippen LogP) is 1.32. The molecule has 0 bridgehead atoms. The van der Waals surface area contributed by atoms with Gasteiger partial charge in [-0.3, -0.25) is 4.79 Å². The van der Waals surface area contributed by atoms with E-state index in [1.54, 1.807) is 6.92 Å². The Bertz CT molecular complexity index is 354. The summed E-state index contributed by atoms with van der Waals surface area (Å²) >= 11 is 0. The molecule has 0 aliphatic carbocycles. The Morgan fingerprint density at radius 1 is 1.28 bits per heavy atom. The fourth-order valence-electron chi connectivity index (χ4n) is 1.37. The summed E-state index contributed by atoms with van der Waals surface area (Å²) in [6, 6.07) is 10.1. The number of likely N-dealkylation sites (N-methyl/N-ethyl adjacent to an activating group) is 1. The molecule has 1 aromatic carbocycles. The average Bonchev–Trinajstić information content (AvgIpc) is 2.42. The van der Waals surface area contributed by atoms with Gasteiger partial charge in [-0.25, -0.2) is 0 Å². The number of carbonyl (C=O) groups is 1. The molecular formula is C14H22N2O2. The largest absolute Gasteiger partial charge is 0.364 e. The van der Waals surface area contributed by atoms with Crippen molar-refractivity contribution in [2.24, 2.45) is 0 Å². The van der Waals surface area contributed by atoms with Gasteiger partial charge in [0.1, 0.15) is 6.10 Å². The highest BCUT2D eigenvalue weighted by Crippen LogP contribution is 2.03. The molecule has 1 amide bonds. The Balaban J connectivity index is 2.27. The number of hydrogen-bond acceptors (Lipinski definition) is 3. The zero-order valence-corrected chi connectivity index (χ0v) is 11.3. The van der Waals surface area contributed by atoms with Crippen molar-refractivity contribution in [1.29, 1.82) is 0 Å². The van der Waals surface area contributed by atoms with Gasteiger partial charge < -0.3 is 15.4 Å². The fourth-order valence-corrected chi connectivity index (χ4v) is 1.37. The number of carbonyl (C=O) groups excluding carboxylic acids is 1. The van der Waals surface area contributed by atoms with Crippen LogP contribution in [0.1, 0.15) is 19.4 Å². The summed E-state index contributed by atoms with van der Waals surface area (Å²) in [6.07, 6.45) is -0.436. The smallest absolute Gasteiger partial charge is 0.248 e. The highest BCUT2D eigenvalue weighted by Gasteiger charge is 2.13. The van der Waals surface area contributed by atoms with Gasteiger partial charge in [-0.05, 0) is 26.5 Å². The lowest BCUT2D eigenvalue weighted by molar-refractivity contribution is -0.132. The molecule has 2 atom stereocenters. The minimum Gasteiger partial charge on any atom is -0.364 e. The lowest BCUT2D eigenvalue weighted by Crippen LogP contribution is -2.41. The topological polar surface area (TPSA) is 50.4 Å². The van der Waals surface area contributed by atoms with Crippen LogP contribution in [-0.4, -0.2) is 31.6 Å². The van der Waals surface area contributed by atoms with E-state index < -0.39 is 6.10 Å². The van der Waals surface area contributed by atoms with E-state index in [4.69, 9.17) is 4.74 Å². The molecule has 0 aliphatic rings. The molecule has 1 rings (SSSR count). The van der Waals surface area contributed by atoms with Crippen molar-refractivity contribution in [1.82, 2.24) is 10.6 Å². The van der Waals surface area contributed by atoms with Crippen LogP contribution in [0.2, 0.25) is 0 Å². The SMILES string of the molecule is CNC(C)CNC(=O)C(C)OCc1ccccc1. The van der Waals surface area contributed by atoms with Crippen molar-refractivity contribution in [3.8, 4) is 0 Å². The van der Waals surface area contributed by atoms with E-state index in [0.717, 1.165) is 5.56 Å². The van der Waals surface area contributed by atoms with E-state index in [1.807, 2.05) is 44.3 Å². The van der Waals surface area contributed by atoms with Crippen LogP contribution in [0.25, 0.3) is 0 Å². The molecule has 0 radical (unpaired) electrons. The van der Waals surface area contributed by atoms with E-state index in [0.29, 0.717) is 13.2 Å². The van der Waals surface area contributed by atoms with Crippen molar-refractivity contribution in [2.45, 2.75) is 32.6 Å². The third-order valence-electron chi connectivity index (χ3n) is 2.79. The predicted molar refractivity (Wildman–Crippen MR) is 72.2 cm³/mol.